The number of rotatable bonds is 5. The predicted molar refractivity (Wildman–Crippen MR) is 75.9 cm³/mol. The van der Waals surface area contributed by atoms with Gasteiger partial charge in [-0.2, -0.15) is 0 Å². The lowest BCUT2D eigenvalue weighted by molar-refractivity contribution is -0.117. The van der Waals surface area contributed by atoms with E-state index in [9.17, 15) is 4.79 Å². The highest BCUT2D eigenvalue weighted by Crippen LogP contribution is 2.30. The molecule has 0 spiro atoms. The lowest BCUT2D eigenvalue weighted by atomic mass is 10.1. The van der Waals surface area contributed by atoms with Crippen LogP contribution in [0.2, 0.25) is 0 Å². The monoisotopic (exact) mass is 246 g/mol. The highest BCUT2D eigenvalue weighted by molar-refractivity contribution is 5.94. The standard InChI is InChI=1S/C15H22N2O/c1-10(2)9-16-14-8-13(7-4-11(14)3)17-15(18)12-5-6-12/h4,7-8,10,12,16H,5-6,9H2,1-3H3,(H,17,18). The molecule has 2 rings (SSSR count). The normalized spacial score (nSPS) is 14.7. The van der Waals surface area contributed by atoms with Crippen LogP contribution in [0.3, 0.4) is 0 Å². The van der Waals surface area contributed by atoms with Crippen molar-refractivity contribution in [2.24, 2.45) is 11.8 Å². The zero-order chi connectivity index (χ0) is 13.1. The molecule has 0 aliphatic heterocycles. The number of carbonyl (C=O) groups is 1. The molecule has 1 aromatic rings. The minimum Gasteiger partial charge on any atom is -0.385 e. The maximum absolute atomic E-state index is 11.7. The van der Waals surface area contributed by atoms with Gasteiger partial charge < -0.3 is 10.6 Å². The Morgan fingerprint density at radius 2 is 2.11 bits per heavy atom. The molecule has 3 heteroatoms. The summed E-state index contributed by atoms with van der Waals surface area (Å²) in [6.07, 6.45) is 2.08. The molecule has 1 fully saturated rings. The van der Waals surface area contributed by atoms with Crippen molar-refractivity contribution >= 4 is 17.3 Å². The molecule has 0 atom stereocenters. The Morgan fingerprint density at radius 1 is 1.39 bits per heavy atom. The summed E-state index contributed by atoms with van der Waals surface area (Å²) in [5, 5.41) is 6.40. The zero-order valence-corrected chi connectivity index (χ0v) is 11.4. The molecule has 18 heavy (non-hydrogen) atoms. The van der Waals surface area contributed by atoms with Crippen LogP contribution >= 0.6 is 0 Å². The van der Waals surface area contributed by atoms with Crippen LogP contribution in [0.15, 0.2) is 18.2 Å². The fraction of sp³-hybridized carbons (Fsp3) is 0.533. The molecule has 1 saturated carbocycles. The first-order valence-electron chi connectivity index (χ1n) is 6.71. The molecule has 1 aliphatic rings. The van der Waals surface area contributed by atoms with Gasteiger partial charge in [-0.3, -0.25) is 4.79 Å². The van der Waals surface area contributed by atoms with Gasteiger partial charge in [-0.15, -0.1) is 0 Å². The molecule has 0 aromatic heterocycles. The Bertz CT molecular complexity index is 436. The van der Waals surface area contributed by atoms with Crippen molar-refractivity contribution in [2.75, 3.05) is 17.2 Å². The van der Waals surface area contributed by atoms with Crippen LogP contribution in [0.5, 0.6) is 0 Å². The Hall–Kier alpha value is -1.51. The van der Waals surface area contributed by atoms with Gasteiger partial charge in [0.1, 0.15) is 0 Å². The van der Waals surface area contributed by atoms with Crippen LogP contribution in [0.25, 0.3) is 0 Å². The molecule has 0 unspecified atom stereocenters. The number of carbonyl (C=O) groups excluding carboxylic acids is 1. The molecule has 0 saturated heterocycles. The highest BCUT2D eigenvalue weighted by Gasteiger charge is 2.29. The molecule has 0 heterocycles. The third-order valence-electron chi connectivity index (χ3n) is 3.15. The number of benzene rings is 1. The average molecular weight is 246 g/mol. The summed E-state index contributed by atoms with van der Waals surface area (Å²) in [7, 11) is 0. The van der Waals surface area contributed by atoms with E-state index in [2.05, 4.69) is 31.4 Å². The van der Waals surface area contributed by atoms with Crippen LogP contribution in [-0.4, -0.2) is 12.5 Å². The zero-order valence-electron chi connectivity index (χ0n) is 11.4. The molecule has 1 aliphatic carbocycles. The summed E-state index contributed by atoms with van der Waals surface area (Å²) in [6.45, 7) is 7.39. The van der Waals surface area contributed by atoms with Crippen molar-refractivity contribution in [3.05, 3.63) is 23.8 Å². The number of amides is 1. The fourth-order valence-corrected chi connectivity index (χ4v) is 1.79. The van der Waals surface area contributed by atoms with E-state index >= 15 is 0 Å². The SMILES string of the molecule is Cc1ccc(NC(=O)C2CC2)cc1NCC(C)C. The lowest BCUT2D eigenvalue weighted by Crippen LogP contribution is -2.14. The Kier molecular flexibility index (Phi) is 3.90. The van der Waals surface area contributed by atoms with Crippen LogP contribution in [0.1, 0.15) is 32.3 Å². The first-order chi connectivity index (χ1) is 8.56. The maximum Gasteiger partial charge on any atom is 0.227 e. The van der Waals surface area contributed by atoms with E-state index in [0.717, 1.165) is 30.8 Å². The van der Waals surface area contributed by atoms with Crippen LogP contribution in [0.4, 0.5) is 11.4 Å². The van der Waals surface area contributed by atoms with Crippen LogP contribution in [-0.2, 0) is 4.79 Å². The Balaban J connectivity index is 2.02. The molecule has 2 N–H and O–H groups in total. The smallest absolute Gasteiger partial charge is 0.227 e. The Labute approximate surface area is 109 Å². The lowest BCUT2D eigenvalue weighted by Gasteiger charge is -2.13. The summed E-state index contributed by atoms with van der Waals surface area (Å²) < 4.78 is 0. The van der Waals surface area contributed by atoms with Gasteiger partial charge in [0.05, 0.1) is 0 Å². The van der Waals surface area contributed by atoms with Gasteiger partial charge in [-0.05, 0) is 43.4 Å². The first kappa shape index (κ1) is 12.9. The number of nitrogens with one attached hydrogen (secondary N) is 2. The van der Waals surface area contributed by atoms with Crippen molar-refractivity contribution in [1.82, 2.24) is 0 Å². The largest absolute Gasteiger partial charge is 0.385 e. The number of anilines is 2. The fourth-order valence-electron chi connectivity index (χ4n) is 1.79. The number of hydrogen-bond acceptors (Lipinski definition) is 2. The molecule has 0 bridgehead atoms. The summed E-state index contributed by atoms with van der Waals surface area (Å²) in [6, 6.07) is 6.04. The molecule has 98 valence electrons. The predicted octanol–water partition coefficient (Wildman–Crippen LogP) is 3.41. The van der Waals surface area contributed by atoms with E-state index < -0.39 is 0 Å². The van der Waals surface area contributed by atoms with E-state index in [0.29, 0.717) is 5.92 Å². The molecular formula is C15H22N2O. The van der Waals surface area contributed by atoms with Crippen molar-refractivity contribution < 1.29 is 4.79 Å². The van der Waals surface area contributed by atoms with Gasteiger partial charge in [0, 0.05) is 23.8 Å². The summed E-state index contributed by atoms with van der Waals surface area (Å²) >= 11 is 0. The van der Waals surface area contributed by atoms with Gasteiger partial charge in [0.25, 0.3) is 0 Å². The van der Waals surface area contributed by atoms with E-state index in [1.807, 2.05) is 18.2 Å². The van der Waals surface area contributed by atoms with E-state index in [1.54, 1.807) is 0 Å². The Morgan fingerprint density at radius 3 is 2.72 bits per heavy atom. The molecule has 1 amide bonds. The topological polar surface area (TPSA) is 41.1 Å². The van der Waals surface area contributed by atoms with E-state index in [1.165, 1.54) is 5.56 Å². The molecule has 0 radical (unpaired) electrons. The van der Waals surface area contributed by atoms with Gasteiger partial charge in [0.15, 0.2) is 0 Å². The van der Waals surface area contributed by atoms with E-state index in [-0.39, 0.29) is 11.8 Å². The second-order valence-electron chi connectivity index (χ2n) is 5.57. The van der Waals surface area contributed by atoms with Gasteiger partial charge in [0.2, 0.25) is 5.91 Å². The molecular weight excluding hydrogens is 224 g/mol. The summed E-state index contributed by atoms with van der Waals surface area (Å²) in [4.78, 5) is 11.7. The van der Waals surface area contributed by atoms with Crippen molar-refractivity contribution in [3.63, 3.8) is 0 Å². The minimum absolute atomic E-state index is 0.161. The summed E-state index contributed by atoms with van der Waals surface area (Å²) in [5.41, 5.74) is 3.21. The molecule has 3 nitrogen and oxygen atoms in total. The second-order valence-corrected chi connectivity index (χ2v) is 5.57. The van der Waals surface area contributed by atoms with Gasteiger partial charge in [-0.1, -0.05) is 19.9 Å². The third kappa shape index (κ3) is 3.49. The van der Waals surface area contributed by atoms with Crippen LogP contribution < -0.4 is 10.6 Å². The quantitative estimate of drug-likeness (QED) is 0.836. The second kappa shape index (κ2) is 5.42. The van der Waals surface area contributed by atoms with Crippen LogP contribution in [0, 0.1) is 18.8 Å². The third-order valence-corrected chi connectivity index (χ3v) is 3.15. The maximum atomic E-state index is 11.7. The highest BCUT2D eigenvalue weighted by atomic mass is 16.2. The average Bonchev–Trinajstić information content (AvgIpc) is 3.13. The van der Waals surface area contributed by atoms with Gasteiger partial charge in [-0.25, -0.2) is 0 Å². The van der Waals surface area contributed by atoms with Crippen molar-refractivity contribution in [1.29, 1.82) is 0 Å². The first-order valence-corrected chi connectivity index (χ1v) is 6.71. The van der Waals surface area contributed by atoms with Crippen molar-refractivity contribution in [2.45, 2.75) is 33.6 Å². The van der Waals surface area contributed by atoms with E-state index in [4.69, 9.17) is 0 Å². The minimum atomic E-state index is 0.161. The molecule has 1 aromatic carbocycles. The summed E-state index contributed by atoms with van der Waals surface area (Å²) in [5.74, 6) is 1.01. The van der Waals surface area contributed by atoms with Crippen molar-refractivity contribution in [3.8, 4) is 0 Å². The van der Waals surface area contributed by atoms with Gasteiger partial charge >= 0.3 is 0 Å². The number of aryl methyl sites for hydroxylation is 1. The number of hydrogen-bond donors (Lipinski definition) is 2.